The van der Waals surface area contributed by atoms with Crippen molar-refractivity contribution in [2.75, 3.05) is 19.1 Å². The minimum atomic E-state index is -4.84. The molecular formula is C9H19K4NO6P2. The second-order valence-electron chi connectivity index (χ2n) is 4.31. The third kappa shape index (κ3) is 31.5. The summed E-state index contributed by atoms with van der Waals surface area (Å²) < 4.78 is 21.2. The fourth-order valence-electron chi connectivity index (χ4n) is 1.62. The van der Waals surface area contributed by atoms with Crippen LogP contribution in [0.1, 0.15) is 39.0 Å². The summed E-state index contributed by atoms with van der Waals surface area (Å²) in [5.74, 6) is 0. The van der Waals surface area contributed by atoms with Gasteiger partial charge in [0.15, 0.2) is 0 Å². The van der Waals surface area contributed by atoms with E-state index in [1.54, 1.807) is 0 Å². The van der Waals surface area contributed by atoms with Gasteiger partial charge in [0, 0.05) is 12.6 Å². The number of hydrogen-bond acceptors (Lipinski definition) is 7. The Labute approximate surface area is 303 Å². The van der Waals surface area contributed by atoms with Gasteiger partial charge in [-0.15, -0.1) is 0 Å². The molecule has 0 spiro atoms. The third-order valence-corrected chi connectivity index (χ3v) is 3.82. The average molecular weight is 456 g/mol. The molecule has 0 saturated carbocycles. The molecule has 0 unspecified atom stereocenters. The molecule has 0 aliphatic rings. The van der Waals surface area contributed by atoms with Crippen molar-refractivity contribution in [3.63, 3.8) is 0 Å². The molecule has 0 aliphatic heterocycles. The predicted molar refractivity (Wildman–Crippen MR) is 60.4 cm³/mol. The Hall–Kier alpha value is 6.81. The van der Waals surface area contributed by atoms with E-state index in [1.165, 1.54) is 0 Å². The van der Waals surface area contributed by atoms with Crippen LogP contribution in [0.15, 0.2) is 0 Å². The van der Waals surface area contributed by atoms with Crippen molar-refractivity contribution in [3.8, 4) is 0 Å². The first-order chi connectivity index (χ1) is 8.14. The molecule has 13 heteroatoms. The largest absolute Gasteiger partial charge is 1.00 e. The number of nitrogens with zero attached hydrogens (tertiary/aromatic N) is 1. The molecule has 0 aromatic rings. The van der Waals surface area contributed by atoms with E-state index in [1.807, 2.05) is 6.92 Å². The number of unbranched alkanes of at least 4 members (excludes halogenated alkanes) is 4. The van der Waals surface area contributed by atoms with Crippen LogP contribution >= 0.6 is 15.2 Å². The normalized spacial score (nSPS) is 10.8. The summed E-state index contributed by atoms with van der Waals surface area (Å²) in [4.78, 5) is 43.3. The monoisotopic (exact) mass is 455 g/mol. The summed E-state index contributed by atoms with van der Waals surface area (Å²) in [7, 11) is -9.68. The van der Waals surface area contributed by atoms with Gasteiger partial charge < -0.3 is 28.7 Å². The second-order valence-corrected chi connectivity index (χ2v) is 7.32. The van der Waals surface area contributed by atoms with Gasteiger partial charge in [0.25, 0.3) is 0 Å². The molecule has 0 heterocycles. The van der Waals surface area contributed by atoms with E-state index in [-0.39, 0.29) is 212 Å². The Bertz CT molecular complexity index is 303. The number of rotatable bonds is 10. The van der Waals surface area contributed by atoms with Crippen LogP contribution in [0.4, 0.5) is 0 Å². The molecule has 22 heavy (non-hydrogen) atoms. The van der Waals surface area contributed by atoms with Gasteiger partial charge in [0.2, 0.25) is 0 Å². The second kappa shape index (κ2) is 22.5. The van der Waals surface area contributed by atoms with E-state index in [0.29, 0.717) is 6.42 Å². The summed E-state index contributed by atoms with van der Waals surface area (Å²) in [6, 6.07) is 0. The van der Waals surface area contributed by atoms with Crippen molar-refractivity contribution < 1.29 is 234 Å². The fourth-order valence-corrected chi connectivity index (χ4v) is 3.24. The maximum atomic E-state index is 10.6. The van der Waals surface area contributed by atoms with Gasteiger partial charge in [-0.05, 0) is 13.0 Å². The SMILES string of the molecule is CCCCCCCN(CP(=O)([O-])[O-])CP(=O)([O-])[O-].[K+].[K+].[K+].[K+]. The summed E-state index contributed by atoms with van der Waals surface area (Å²) in [6.07, 6.45) is 2.63. The summed E-state index contributed by atoms with van der Waals surface area (Å²) in [6.45, 7) is 2.18. The molecule has 0 fully saturated rings. The molecule has 0 radical (unpaired) electrons. The molecule has 0 aliphatic carbocycles. The summed E-state index contributed by atoms with van der Waals surface area (Å²) in [5.41, 5.74) is 0. The Morgan fingerprint density at radius 1 is 0.727 bits per heavy atom. The molecule has 0 amide bonds. The molecule has 0 saturated heterocycles. The Morgan fingerprint density at radius 2 is 1.09 bits per heavy atom. The zero-order valence-corrected chi connectivity index (χ0v) is 28.7. The Morgan fingerprint density at radius 3 is 1.41 bits per heavy atom. The molecule has 0 aromatic heterocycles. The quantitative estimate of drug-likeness (QED) is 0.182. The zero-order valence-electron chi connectivity index (χ0n) is 14.4. The fraction of sp³-hybridized carbons (Fsp3) is 1.00. The smallest absolute Gasteiger partial charge is 0.810 e. The molecule has 110 valence electrons. The van der Waals surface area contributed by atoms with Crippen LogP contribution in [-0.2, 0) is 9.13 Å². The maximum absolute atomic E-state index is 10.6. The van der Waals surface area contributed by atoms with E-state index in [2.05, 4.69) is 0 Å². The van der Waals surface area contributed by atoms with Gasteiger partial charge in [-0.3, -0.25) is 4.90 Å². The van der Waals surface area contributed by atoms with Gasteiger partial charge in [-0.2, -0.15) is 0 Å². The molecule has 0 bridgehead atoms. The minimum Gasteiger partial charge on any atom is -0.810 e. The van der Waals surface area contributed by atoms with E-state index in [9.17, 15) is 28.7 Å². The first-order valence-electron chi connectivity index (χ1n) is 5.88. The number of hydrogen-bond donors (Lipinski definition) is 0. The van der Waals surface area contributed by atoms with E-state index in [0.717, 1.165) is 30.6 Å². The Kier molecular flexibility index (Phi) is 40.2. The molecule has 0 rings (SSSR count). The molecular weight excluding hydrogens is 436 g/mol. The van der Waals surface area contributed by atoms with Gasteiger partial charge in [-0.25, -0.2) is 0 Å². The minimum absolute atomic E-state index is 0. The van der Waals surface area contributed by atoms with Crippen LogP contribution in [0.5, 0.6) is 0 Å². The van der Waals surface area contributed by atoms with Crippen molar-refractivity contribution in [2.45, 2.75) is 39.0 Å². The van der Waals surface area contributed by atoms with Crippen LogP contribution in [0.3, 0.4) is 0 Å². The van der Waals surface area contributed by atoms with Crippen LogP contribution in [0.25, 0.3) is 0 Å². The van der Waals surface area contributed by atoms with E-state index in [4.69, 9.17) is 0 Å². The van der Waals surface area contributed by atoms with Gasteiger partial charge in [-0.1, -0.05) is 47.8 Å². The first kappa shape index (κ1) is 39.3. The van der Waals surface area contributed by atoms with Crippen LogP contribution in [-0.4, -0.2) is 24.0 Å². The summed E-state index contributed by atoms with van der Waals surface area (Å²) >= 11 is 0. The third-order valence-electron chi connectivity index (χ3n) is 2.32. The topological polar surface area (TPSA) is 130 Å². The predicted octanol–water partition coefficient (Wildman–Crippen LogP) is -13.0. The van der Waals surface area contributed by atoms with E-state index >= 15 is 0 Å². The Balaban J connectivity index is -0.000000241. The molecule has 0 aromatic carbocycles. The van der Waals surface area contributed by atoms with Crippen LogP contribution in [0, 0.1) is 0 Å². The molecule has 0 N–H and O–H groups in total. The van der Waals surface area contributed by atoms with Crippen LogP contribution in [0.2, 0.25) is 0 Å². The van der Waals surface area contributed by atoms with Crippen molar-refractivity contribution in [1.29, 1.82) is 0 Å². The molecule has 7 nitrogen and oxygen atoms in total. The first-order valence-corrected chi connectivity index (χ1v) is 9.34. The van der Waals surface area contributed by atoms with Crippen molar-refractivity contribution in [1.82, 2.24) is 4.90 Å². The van der Waals surface area contributed by atoms with E-state index < -0.39 is 27.8 Å². The average Bonchev–Trinajstić information content (AvgIpc) is 2.12. The molecule has 0 atom stereocenters. The van der Waals surface area contributed by atoms with Crippen molar-refractivity contribution in [2.24, 2.45) is 0 Å². The van der Waals surface area contributed by atoms with Crippen molar-refractivity contribution in [3.05, 3.63) is 0 Å². The zero-order chi connectivity index (χ0) is 14.2. The van der Waals surface area contributed by atoms with Gasteiger partial charge in [0.1, 0.15) is 0 Å². The van der Waals surface area contributed by atoms with Gasteiger partial charge >= 0.3 is 206 Å². The van der Waals surface area contributed by atoms with Gasteiger partial charge in [0.05, 0.1) is 0 Å². The standard InChI is InChI=1S/C9H23NO6P2.4K/c1-2-3-4-5-6-7-10(8-17(11,12)13)9-18(14,15)16;;;;/h2-9H2,1H3,(H2,11,12,13)(H2,14,15,16);;;;/q;4*+1/p-4. The summed E-state index contributed by atoms with van der Waals surface area (Å²) in [5, 5.41) is 0. The van der Waals surface area contributed by atoms with Crippen LogP contribution < -0.4 is 225 Å². The maximum Gasteiger partial charge on any atom is 1.00 e. The van der Waals surface area contributed by atoms with Crippen molar-refractivity contribution >= 4 is 15.2 Å².